The molecule has 2 saturated carbocycles. The third-order valence-electron chi connectivity index (χ3n) is 5.50. The van der Waals surface area contributed by atoms with Crippen molar-refractivity contribution in [2.75, 3.05) is 6.61 Å². The number of hydrogen-bond donors (Lipinski definition) is 0. The largest absolute Gasteiger partial charge is 2.00 e. The van der Waals surface area contributed by atoms with Crippen LogP contribution in [0.25, 0.3) is 0 Å². The maximum absolute atomic E-state index is 6.06. The molecule has 1 heterocycles. The first-order valence-corrected chi connectivity index (χ1v) is 12.4. The smallest absolute Gasteiger partial charge is 0.478 e. The molecule has 10 radical (unpaired) electrons. The quantitative estimate of drug-likeness (QED) is 0.360. The summed E-state index contributed by atoms with van der Waals surface area (Å²) in [4.78, 5) is 4.94. The minimum Gasteiger partial charge on any atom is -0.478 e. The molecule has 0 N–H and O–H groups in total. The van der Waals surface area contributed by atoms with Crippen LogP contribution in [0.5, 0.6) is 0 Å². The SMILES string of the molecule is CC(C)(C)[C@H]1COC([C]2[CH][CH][CH][C]2P(c2ccccc2)c2ccccc2)=N1.[CH]1[CH][CH][CH][CH]1.[Ru+2]. The Kier molecular flexibility index (Phi) is 10.1. The minimum atomic E-state index is -0.649. The van der Waals surface area contributed by atoms with Gasteiger partial charge in [0, 0.05) is 5.66 Å². The van der Waals surface area contributed by atoms with E-state index in [-0.39, 0.29) is 30.9 Å². The summed E-state index contributed by atoms with van der Waals surface area (Å²) in [6, 6.07) is 21.7. The van der Waals surface area contributed by atoms with Gasteiger partial charge in [0.15, 0.2) is 5.90 Å². The number of aliphatic imine (C=N–C) groups is 1. The summed E-state index contributed by atoms with van der Waals surface area (Å²) in [6.07, 6.45) is 16.5. The number of hydrogen-bond acceptors (Lipinski definition) is 2. The predicted molar refractivity (Wildman–Crippen MR) is 137 cm³/mol. The van der Waals surface area contributed by atoms with Crippen LogP contribution in [-0.2, 0) is 24.2 Å². The van der Waals surface area contributed by atoms with Crippen LogP contribution < -0.4 is 10.6 Å². The molecule has 2 nitrogen and oxygen atoms in total. The van der Waals surface area contributed by atoms with E-state index in [0.29, 0.717) is 6.61 Å². The average Bonchev–Trinajstić information content (AvgIpc) is 3.58. The molecule has 0 bridgehead atoms. The van der Waals surface area contributed by atoms with Gasteiger partial charge in [0.1, 0.15) is 6.61 Å². The van der Waals surface area contributed by atoms with Gasteiger partial charge in [-0.15, -0.1) is 0 Å². The Morgan fingerprint density at radius 2 is 1.27 bits per heavy atom. The fraction of sp³-hybridized carbons (Fsp3) is 0.207. The first-order chi connectivity index (χ1) is 15.5. The van der Waals surface area contributed by atoms with E-state index in [4.69, 9.17) is 9.73 Å². The molecule has 3 aliphatic rings. The van der Waals surface area contributed by atoms with Crippen LogP contribution in [0.2, 0.25) is 0 Å². The zero-order chi connectivity index (χ0) is 22.4. The topological polar surface area (TPSA) is 21.6 Å². The zero-order valence-corrected chi connectivity index (χ0v) is 22.0. The van der Waals surface area contributed by atoms with Gasteiger partial charge in [0.2, 0.25) is 0 Å². The van der Waals surface area contributed by atoms with E-state index in [0.717, 1.165) is 11.8 Å². The second-order valence-electron chi connectivity index (χ2n) is 8.92. The van der Waals surface area contributed by atoms with Crippen molar-refractivity contribution in [1.29, 1.82) is 0 Å². The standard InChI is InChI=1S/C24H25NOP.C5H5.Ru/c1-24(2,3)22-17-26-23(25-22)20-15-10-16-21(20)27(18-11-6-4-7-12-18)19-13-8-5-9-14-19;1-2-4-5-3-1;/h4-16,22H,17H2,1-3H3;1-5H;/q;;+2/t22-;;/m1../s1. The normalized spacial score (nSPS) is 21.2. The third-order valence-corrected chi connectivity index (χ3v) is 8.00. The molecule has 1 aliphatic heterocycles. The molecule has 0 spiro atoms. The van der Waals surface area contributed by atoms with E-state index in [1.807, 2.05) is 32.1 Å². The molecule has 4 heteroatoms. The molecule has 0 aromatic heterocycles. The molecule has 2 fully saturated rings. The molecule has 2 aromatic carbocycles. The molecular weight excluding hydrogens is 510 g/mol. The third kappa shape index (κ3) is 6.99. The van der Waals surface area contributed by atoms with Gasteiger partial charge in [-0.25, -0.2) is 4.99 Å². The van der Waals surface area contributed by atoms with Crippen molar-refractivity contribution in [3.05, 3.63) is 124 Å². The van der Waals surface area contributed by atoms with Gasteiger partial charge in [0.05, 0.1) is 12.0 Å². The number of ether oxygens (including phenoxy) is 1. The summed E-state index contributed by atoms with van der Waals surface area (Å²) in [6.45, 7) is 7.33. The maximum atomic E-state index is 6.06. The van der Waals surface area contributed by atoms with Crippen molar-refractivity contribution in [3.63, 3.8) is 0 Å². The van der Waals surface area contributed by atoms with Crippen LogP contribution in [0.1, 0.15) is 20.8 Å². The van der Waals surface area contributed by atoms with E-state index < -0.39 is 7.92 Å². The Labute approximate surface area is 215 Å². The van der Waals surface area contributed by atoms with Crippen LogP contribution in [0.4, 0.5) is 0 Å². The van der Waals surface area contributed by atoms with Crippen molar-refractivity contribution >= 4 is 24.4 Å². The number of benzene rings is 2. The van der Waals surface area contributed by atoms with Crippen LogP contribution in [0.15, 0.2) is 65.7 Å². The van der Waals surface area contributed by atoms with Crippen LogP contribution in [0, 0.1) is 68.4 Å². The van der Waals surface area contributed by atoms with E-state index >= 15 is 0 Å². The van der Waals surface area contributed by atoms with E-state index in [9.17, 15) is 0 Å². The summed E-state index contributed by atoms with van der Waals surface area (Å²) in [5.74, 6) is 1.94. The molecule has 33 heavy (non-hydrogen) atoms. The van der Waals surface area contributed by atoms with Crippen molar-refractivity contribution in [2.45, 2.75) is 26.8 Å². The Hall–Kier alpha value is -1.04. The summed E-state index contributed by atoms with van der Waals surface area (Å²) >= 11 is 0. The minimum absolute atomic E-state index is 0. The molecule has 2 aliphatic carbocycles. The van der Waals surface area contributed by atoms with Gasteiger partial charge < -0.3 is 4.74 Å². The Morgan fingerprint density at radius 1 is 0.758 bits per heavy atom. The van der Waals surface area contributed by atoms with E-state index in [2.05, 4.69) is 101 Å². The molecule has 0 unspecified atom stereocenters. The van der Waals surface area contributed by atoms with Crippen LogP contribution in [-0.4, -0.2) is 18.5 Å². The van der Waals surface area contributed by atoms with Crippen molar-refractivity contribution < 1.29 is 24.2 Å². The number of nitrogens with zero attached hydrogens (tertiary/aromatic N) is 1. The average molecular weight is 541 g/mol. The molecule has 2 aromatic rings. The second-order valence-corrected chi connectivity index (χ2v) is 11.1. The molecular formula is C29H30NOPRu+2. The molecule has 0 amide bonds. The van der Waals surface area contributed by atoms with Crippen LogP contribution >= 0.6 is 7.92 Å². The van der Waals surface area contributed by atoms with Gasteiger partial charge >= 0.3 is 19.5 Å². The summed E-state index contributed by atoms with van der Waals surface area (Å²) in [5, 5.41) is 2.69. The van der Waals surface area contributed by atoms with Gasteiger partial charge in [-0.05, 0) is 75.3 Å². The van der Waals surface area contributed by atoms with Gasteiger partial charge in [-0.1, -0.05) is 81.4 Å². The summed E-state index contributed by atoms with van der Waals surface area (Å²) < 4.78 is 6.06. The second kappa shape index (κ2) is 12.6. The predicted octanol–water partition coefficient (Wildman–Crippen LogP) is 5.71. The molecule has 1 atom stereocenters. The van der Waals surface area contributed by atoms with Crippen molar-refractivity contribution in [1.82, 2.24) is 0 Å². The molecule has 168 valence electrons. The van der Waals surface area contributed by atoms with Gasteiger partial charge in [-0.2, -0.15) is 0 Å². The first-order valence-electron chi connectivity index (χ1n) is 11.1. The maximum Gasteiger partial charge on any atom is 2.00 e. The van der Waals surface area contributed by atoms with Gasteiger partial charge in [-0.3, -0.25) is 0 Å². The van der Waals surface area contributed by atoms with Crippen molar-refractivity contribution in [2.24, 2.45) is 10.4 Å². The fourth-order valence-corrected chi connectivity index (χ4v) is 6.09. The Bertz CT molecular complexity index is 813. The fourth-order valence-electron chi connectivity index (χ4n) is 3.65. The Morgan fingerprint density at radius 3 is 1.73 bits per heavy atom. The Balaban J connectivity index is 0.000000453. The summed E-state index contributed by atoms with van der Waals surface area (Å²) in [7, 11) is -0.649. The van der Waals surface area contributed by atoms with E-state index in [1.165, 1.54) is 16.3 Å². The van der Waals surface area contributed by atoms with Gasteiger partial charge in [0.25, 0.3) is 0 Å². The van der Waals surface area contributed by atoms with Crippen molar-refractivity contribution in [3.8, 4) is 0 Å². The van der Waals surface area contributed by atoms with E-state index in [1.54, 1.807) is 0 Å². The van der Waals surface area contributed by atoms with Crippen LogP contribution in [0.3, 0.4) is 0 Å². The monoisotopic (exact) mass is 541 g/mol. The summed E-state index contributed by atoms with van der Waals surface area (Å²) in [5.41, 5.74) is 1.42. The number of rotatable bonds is 4. The first kappa shape index (κ1) is 26.6. The molecule has 5 rings (SSSR count). The zero-order valence-electron chi connectivity index (χ0n) is 19.3. The molecule has 0 saturated heterocycles.